The van der Waals surface area contributed by atoms with Crippen molar-refractivity contribution in [3.63, 3.8) is 0 Å². The normalized spacial score (nSPS) is 26.7. The summed E-state index contributed by atoms with van der Waals surface area (Å²) in [6.07, 6.45) is 1.59. The van der Waals surface area contributed by atoms with Crippen LogP contribution in [0.5, 0.6) is 0 Å². The molecule has 2 unspecified atom stereocenters. The van der Waals surface area contributed by atoms with Crippen molar-refractivity contribution in [2.45, 2.75) is 44.8 Å². The van der Waals surface area contributed by atoms with Crippen LogP contribution < -0.4 is 0 Å². The Balaban J connectivity index is 2.01. The Morgan fingerprint density at radius 2 is 2.00 bits per heavy atom. The molecule has 0 N–H and O–H groups in total. The number of nitrogens with zero attached hydrogens (tertiary/aromatic N) is 2. The van der Waals surface area contributed by atoms with Crippen LogP contribution in [0.4, 0.5) is 0 Å². The zero-order valence-corrected chi connectivity index (χ0v) is 10.8. The Hall–Kier alpha value is -1.64. The van der Waals surface area contributed by atoms with Gasteiger partial charge in [-0.25, -0.2) is 0 Å². The summed E-state index contributed by atoms with van der Waals surface area (Å²) in [5.74, 6) is 1.34. The van der Waals surface area contributed by atoms with Gasteiger partial charge in [0, 0.05) is 18.0 Å². The molecule has 3 nitrogen and oxygen atoms in total. The zero-order valence-electron chi connectivity index (χ0n) is 10.8. The SMILES string of the molecule is CC(C)N1C(c2ccccc2)=NC2CCC(=O)C21. The highest BCUT2D eigenvalue weighted by Gasteiger charge is 2.45. The molecule has 0 radical (unpaired) electrons. The fourth-order valence-electron chi connectivity index (χ4n) is 3.02. The van der Waals surface area contributed by atoms with E-state index in [9.17, 15) is 4.79 Å². The van der Waals surface area contributed by atoms with E-state index in [2.05, 4.69) is 30.9 Å². The lowest BCUT2D eigenvalue weighted by molar-refractivity contribution is -0.121. The second-order valence-electron chi connectivity index (χ2n) is 5.34. The molecule has 94 valence electrons. The first-order chi connectivity index (χ1) is 8.68. The van der Waals surface area contributed by atoms with Crippen molar-refractivity contribution in [3.05, 3.63) is 35.9 Å². The Kier molecular flexibility index (Phi) is 2.69. The Labute approximate surface area is 108 Å². The highest BCUT2D eigenvalue weighted by Crippen LogP contribution is 2.33. The first-order valence-corrected chi connectivity index (χ1v) is 6.63. The van der Waals surface area contributed by atoms with Gasteiger partial charge in [-0.3, -0.25) is 9.79 Å². The lowest BCUT2D eigenvalue weighted by Gasteiger charge is -2.30. The first-order valence-electron chi connectivity index (χ1n) is 6.63. The van der Waals surface area contributed by atoms with E-state index >= 15 is 0 Å². The molecule has 2 atom stereocenters. The molecule has 0 spiro atoms. The summed E-state index contributed by atoms with van der Waals surface area (Å²) < 4.78 is 0. The Bertz CT molecular complexity index is 492. The molecule has 1 aliphatic carbocycles. The summed E-state index contributed by atoms with van der Waals surface area (Å²) in [7, 11) is 0. The monoisotopic (exact) mass is 242 g/mol. The minimum atomic E-state index is -0.0137. The van der Waals surface area contributed by atoms with E-state index in [0.29, 0.717) is 18.2 Å². The molecule has 3 heteroatoms. The molecule has 0 aromatic heterocycles. The topological polar surface area (TPSA) is 32.7 Å². The second-order valence-corrected chi connectivity index (χ2v) is 5.34. The van der Waals surface area contributed by atoms with Gasteiger partial charge in [-0.1, -0.05) is 30.3 Å². The van der Waals surface area contributed by atoms with E-state index in [-0.39, 0.29) is 12.1 Å². The third-order valence-corrected chi connectivity index (χ3v) is 3.80. The van der Waals surface area contributed by atoms with Gasteiger partial charge in [0.05, 0.1) is 6.04 Å². The van der Waals surface area contributed by atoms with Gasteiger partial charge in [-0.2, -0.15) is 0 Å². The van der Waals surface area contributed by atoms with Gasteiger partial charge in [-0.15, -0.1) is 0 Å². The van der Waals surface area contributed by atoms with Crippen molar-refractivity contribution >= 4 is 11.6 Å². The van der Waals surface area contributed by atoms with Crippen LogP contribution in [0.15, 0.2) is 35.3 Å². The summed E-state index contributed by atoms with van der Waals surface area (Å²) in [6, 6.07) is 10.7. The number of carbonyl (C=O) groups is 1. The smallest absolute Gasteiger partial charge is 0.157 e. The number of benzene rings is 1. The van der Waals surface area contributed by atoms with Crippen molar-refractivity contribution in [2.24, 2.45) is 4.99 Å². The number of rotatable bonds is 2. The number of amidine groups is 1. The van der Waals surface area contributed by atoms with Gasteiger partial charge < -0.3 is 4.90 Å². The van der Waals surface area contributed by atoms with Crippen LogP contribution in [0.2, 0.25) is 0 Å². The van der Waals surface area contributed by atoms with Crippen molar-refractivity contribution in [2.75, 3.05) is 0 Å². The lowest BCUT2D eigenvalue weighted by atomic mass is 10.1. The molecule has 1 heterocycles. The summed E-state index contributed by atoms with van der Waals surface area (Å²) in [5.41, 5.74) is 1.12. The maximum absolute atomic E-state index is 12.0. The van der Waals surface area contributed by atoms with Gasteiger partial charge >= 0.3 is 0 Å². The van der Waals surface area contributed by atoms with E-state index in [1.165, 1.54) is 0 Å². The van der Waals surface area contributed by atoms with Crippen LogP contribution in [-0.4, -0.2) is 34.6 Å². The van der Waals surface area contributed by atoms with Crippen LogP contribution in [0.3, 0.4) is 0 Å². The van der Waals surface area contributed by atoms with Gasteiger partial charge in [-0.05, 0) is 20.3 Å². The fourth-order valence-corrected chi connectivity index (χ4v) is 3.02. The van der Waals surface area contributed by atoms with Crippen LogP contribution >= 0.6 is 0 Å². The summed E-state index contributed by atoms with van der Waals surface area (Å²) in [6.45, 7) is 4.26. The second kappa shape index (κ2) is 4.23. The standard InChI is InChI=1S/C15H18N2O/c1-10(2)17-14-12(8-9-13(14)18)16-15(17)11-6-4-3-5-7-11/h3-7,10,12,14H,8-9H2,1-2H3. The van der Waals surface area contributed by atoms with Crippen molar-refractivity contribution < 1.29 is 4.79 Å². The molecule has 3 rings (SSSR count). The minimum absolute atomic E-state index is 0.0137. The molecule has 0 bridgehead atoms. The summed E-state index contributed by atoms with van der Waals surface area (Å²) >= 11 is 0. The average molecular weight is 242 g/mol. The average Bonchev–Trinajstić information content (AvgIpc) is 2.91. The lowest BCUT2D eigenvalue weighted by Crippen LogP contribution is -2.46. The van der Waals surface area contributed by atoms with Gasteiger partial charge in [0.15, 0.2) is 5.78 Å². The third kappa shape index (κ3) is 1.65. The summed E-state index contributed by atoms with van der Waals surface area (Å²) in [4.78, 5) is 19.0. The van der Waals surface area contributed by atoms with E-state index in [4.69, 9.17) is 4.99 Å². The molecule has 1 aromatic carbocycles. The number of Topliss-reactive ketones (excluding diaryl/α,β-unsaturated/α-hetero) is 1. The van der Waals surface area contributed by atoms with Crippen molar-refractivity contribution in [1.82, 2.24) is 4.90 Å². The quantitative estimate of drug-likeness (QED) is 0.797. The first kappa shape index (κ1) is 11.5. The van der Waals surface area contributed by atoms with Gasteiger partial charge in [0.25, 0.3) is 0 Å². The van der Waals surface area contributed by atoms with Crippen molar-refractivity contribution in [1.29, 1.82) is 0 Å². The molecule has 1 fully saturated rings. The fraction of sp³-hybridized carbons (Fsp3) is 0.467. The number of carbonyl (C=O) groups excluding carboxylic acids is 1. The van der Waals surface area contributed by atoms with E-state index in [1.54, 1.807) is 0 Å². The third-order valence-electron chi connectivity index (χ3n) is 3.80. The predicted molar refractivity (Wildman–Crippen MR) is 71.8 cm³/mol. The molecule has 0 saturated heterocycles. The van der Waals surface area contributed by atoms with Gasteiger partial charge in [0.2, 0.25) is 0 Å². The van der Waals surface area contributed by atoms with E-state index < -0.39 is 0 Å². The minimum Gasteiger partial charge on any atom is -0.342 e. The molecule has 0 amide bonds. The maximum atomic E-state index is 12.0. The highest BCUT2D eigenvalue weighted by atomic mass is 16.1. The zero-order chi connectivity index (χ0) is 12.7. The molecular formula is C15H18N2O. The van der Waals surface area contributed by atoms with Gasteiger partial charge in [0.1, 0.15) is 11.9 Å². The molecule has 1 aromatic rings. The molecular weight excluding hydrogens is 224 g/mol. The Morgan fingerprint density at radius 1 is 1.28 bits per heavy atom. The number of aliphatic imine (C=N–C) groups is 1. The molecule has 1 saturated carbocycles. The molecule has 2 aliphatic rings. The summed E-state index contributed by atoms with van der Waals surface area (Å²) in [5, 5.41) is 0. The van der Waals surface area contributed by atoms with E-state index in [0.717, 1.165) is 17.8 Å². The number of hydrogen-bond donors (Lipinski definition) is 0. The molecule has 1 aliphatic heterocycles. The van der Waals surface area contributed by atoms with Crippen LogP contribution in [0.1, 0.15) is 32.3 Å². The number of hydrogen-bond acceptors (Lipinski definition) is 3. The number of ketones is 1. The van der Waals surface area contributed by atoms with Crippen LogP contribution in [0.25, 0.3) is 0 Å². The van der Waals surface area contributed by atoms with Crippen LogP contribution in [-0.2, 0) is 4.79 Å². The largest absolute Gasteiger partial charge is 0.342 e. The predicted octanol–water partition coefficient (Wildman–Crippen LogP) is 2.26. The Morgan fingerprint density at radius 3 is 2.67 bits per heavy atom. The number of fused-ring (bicyclic) bond motifs is 1. The maximum Gasteiger partial charge on any atom is 0.157 e. The van der Waals surface area contributed by atoms with E-state index in [1.807, 2.05) is 18.2 Å². The highest BCUT2D eigenvalue weighted by molar-refractivity contribution is 6.05. The van der Waals surface area contributed by atoms with Crippen LogP contribution in [0, 0.1) is 0 Å². The van der Waals surface area contributed by atoms with Crippen molar-refractivity contribution in [3.8, 4) is 0 Å². The molecule has 18 heavy (non-hydrogen) atoms.